The summed E-state index contributed by atoms with van der Waals surface area (Å²) in [5.74, 6) is 0. The molecule has 1 aliphatic rings. The summed E-state index contributed by atoms with van der Waals surface area (Å²) in [6.07, 6.45) is 1.13. The minimum atomic E-state index is 0.472. The second-order valence-electron chi connectivity index (χ2n) is 5.73. The van der Waals surface area contributed by atoms with Crippen molar-refractivity contribution < 1.29 is 0 Å². The molecule has 2 nitrogen and oxygen atoms in total. The number of anilines is 1. The van der Waals surface area contributed by atoms with Gasteiger partial charge in [0.1, 0.15) is 0 Å². The molecule has 0 amide bonds. The lowest BCUT2D eigenvalue weighted by molar-refractivity contribution is 0.537. The van der Waals surface area contributed by atoms with E-state index in [1.807, 2.05) is 0 Å². The zero-order valence-corrected chi connectivity index (χ0v) is 13.0. The van der Waals surface area contributed by atoms with Gasteiger partial charge in [-0.25, -0.2) is 0 Å². The van der Waals surface area contributed by atoms with E-state index in [0.717, 1.165) is 26.1 Å². The second-order valence-corrected chi connectivity index (χ2v) is 5.73. The molecule has 2 aromatic carbocycles. The van der Waals surface area contributed by atoms with Crippen molar-refractivity contribution in [2.45, 2.75) is 39.4 Å². The standard InChI is InChI=1S/C19H24N2/c1-3-19(20-4-2)15-9-11-18(12-10-15)21-13-16-7-5-6-8-17(16)14-21/h5-12,19-20H,3-4,13-14H2,1-2H3. The van der Waals surface area contributed by atoms with Gasteiger partial charge in [-0.05, 0) is 41.8 Å². The number of nitrogens with zero attached hydrogens (tertiary/aromatic N) is 1. The van der Waals surface area contributed by atoms with Crippen LogP contribution in [0.1, 0.15) is 43.0 Å². The van der Waals surface area contributed by atoms with E-state index in [1.165, 1.54) is 22.4 Å². The van der Waals surface area contributed by atoms with Crippen molar-refractivity contribution in [1.29, 1.82) is 0 Å². The van der Waals surface area contributed by atoms with E-state index < -0.39 is 0 Å². The normalized spacial score (nSPS) is 15.0. The zero-order valence-electron chi connectivity index (χ0n) is 13.0. The van der Waals surface area contributed by atoms with Crippen LogP contribution in [0, 0.1) is 0 Å². The number of fused-ring (bicyclic) bond motifs is 1. The molecule has 1 atom stereocenters. The van der Waals surface area contributed by atoms with Gasteiger partial charge in [-0.1, -0.05) is 50.2 Å². The quantitative estimate of drug-likeness (QED) is 0.880. The first-order valence-corrected chi connectivity index (χ1v) is 7.97. The van der Waals surface area contributed by atoms with Crippen molar-refractivity contribution in [2.75, 3.05) is 11.4 Å². The molecule has 2 aromatic rings. The van der Waals surface area contributed by atoms with Gasteiger partial charge in [0.05, 0.1) is 0 Å². The topological polar surface area (TPSA) is 15.3 Å². The Labute approximate surface area is 127 Å². The Bertz CT molecular complexity index is 564. The molecule has 0 saturated heterocycles. The highest BCUT2D eigenvalue weighted by atomic mass is 15.1. The number of nitrogens with one attached hydrogen (secondary N) is 1. The van der Waals surface area contributed by atoms with E-state index in [-0.39, 0.29) is 0 Å². The van der Waals surface area contributed by atoms with Crippen molar-refractivity contribution in [3.05, 3.63) is 65.2 Å². The molecule has 21 heavy (non-hydrogen) atoms. The summed E-state index contributed by atoms with van der Waals surface area (Å²) in [7, 11) is 0. The Hall–Kier alpha value is -1.80. The minimum Gasteiger partial charge on any atom is -0.363 e. The molecule has 0 bridgehead atoms. The summed E-state index contributed by atoms with van der Waals surface area (Å²) >= 11 is 0. The van der Waals surface area contributed by atoms with Crippen LogP contribution >= 0.6 is 0 Å². The number of benzene rings is 2. The molecule has 1 unspecified atom stereocenters. The van der Waals surface area contributed by atoms with Crippen LogP contribution in [0.15, 0.2) is 48.5 Å². The summed E-state index contributed by atoms with van der Waals surface area (Å²) < 4.78 is 0. The lowest BCUT2D eigenvalue weighted by atomic mass is 10.0. The minimum absolute atomic E-state index is 0.472. The third-order valence-electron chi connectivity index (χ3n) is 4.36. The molecule has 0 spiro atoms. The average Bonchev–Trinajstić information content (AvgIpc) is 2.97. The summed E-state index contributed by atoms with van der Waals surface area (Å²) in [5, 5.41) is 3.54. The molecule has 1 N–H and O–H groups in total. The Morgan fingerprint density at radius 3 is 2.10 bits per heavy atom. The first-order valence-electron chi connectivity index (χ1n) is 7.97. The molecule has 110 valence electrons. The molecule has 1 aliphatic heterocycles. The van der Waals surface area contributed by atoms with Gasteiger partial charge in [0, 0.05) is 24.8 Å². The number of hydrogen-bond acceptors (Lipinski definition) is 2. The van der Waals surface area contributed by atoms with Crippen LogP contribution in [0.2, 0.25) is 0 Å². The van der Waals surface area contributed by atoms with Crippen LogP contribution in [0.5, 0.6) is 0 Å². The molecule has 0 aliphatic carbocycles. The molecule has 3 rings (SSSR count). The smallest absolute Gasteiger partial charge is 0.0436 e. The van der Waals surface area contributed by atoms with E-state index in [4.69, 9.17) is 0 Å². The second kappa shape index (κ2) is 6.31. The van der Waals surface area contributed by atoms with E-state index in [9.17, 15) is 0 Å². The Morgan fingerprint density at radius 1 is 0.952 bits per heavy atom. The third-order valence-corrected chi connectivity index (χ3v) is 4.36. The molecule has 0 radical (unpaired) electrons. The fraction of sp³-hybridized carbons (Fsp3) is 0.368. The van der Waals surface area contributed by atoms with Crippen molar-refractivity contribution in [2.24, 2.45) is 0 Å². The van der Waals surface area contributed by atoms with Crippen LogP contribution in [-0.4, -0.2) is 6.54 Å². The first-order chi connectivity index (χ1) is 10.3. The fourth-order valence-corrected chi connectivity index (χ4v) is 3.18. The van der Waals surface area contributed by atoms with Crippen molar-refractivity contribution in [3.8, 4) is 0 Å². The average molecular weight is 280 g/mol. The lowest BCUT2D eigenvalue weighted by Crippen LogP contribution is -2.20. The van der Waals surface area contributed by atoms with Crippen molar-refractivity contribution in [3.63, 3.8) is 0 Å². The highest BCUT2D eigenvalue weighted by molar-refractivity contribution is 5.52. The first kappa shape index (κ1) is 14.2. The monoisotopic (exact) mass is 280 g/mol. The largest absolute Gasteiger partial charge is 0.363 e. The highest BCUT2D eigenvalue weighted by Crippen LogP contribution is 2.29. The van der Waals surface area contributed by atoms with Crippen LogP contribution in [0.25, 0.3) is 0 Å². The summed E-state index contributed by atoms with van der Waals surface area (Å²) in [4.78, 5) is 2.45. The van der Waals surface area contributed by atoms with Gasteiger partial charge in [-0.2, -0.15) is 0 Å². The van der Waals surface area contributed by atoms with E-state index >= 15 is 0 Å². The van der Waals surface area contributed by atoms with Gasteiger partial charge in [-0.3, -0.25) is 0 Å². The van der Waals surface area contributed by atoms with Gasteiger partial charge in [0.2, 0.25) is 0 Å². The van der Waals surface area contributed by atoms with Crippen molar-refractivity contribution >= 4 is 5.69 Å². The van der Waals surface area contributed by atoms with Gasteiger partial charge < -0.3 is 10.2 Å². The van der Waals surface area contributed by atoms with Crippen LogP contribution in [0.3, 0.4) is 0 Å². The lowest BCUT2D eigenvalue weighted by Gasteiger charge is -2.20. The van der Waals surface area contributed by atoms with Crippen molar-refractivity contribution in [1.82, 2.24) is 5.32 Å². The maximum absolute atomic E-state index is 3.54. The van der Waals surface area contributed by atoms with Crippen LogP contribution in [0.4, 0.5) is 5.69 Å². The molecule has 0 saturated carbocycles. The molecular weight excluding hydrogens is 256 g/mol. The number of rotatable bonds is 5. The SMILES string of the molecule is CCNC(CC)c1ccc(N2Cc3ccccc3C2)cc1. The molecule has 1 heterocycles. The summed E-state index contributed by atoms with van der Waals surface area (Å²) in [6.45, 7) is 7.47. The zero-order chi connectivity index (χ0) is 14.7. The summed E-state index contributed by atoms with van der Waals surface area (Å²) in [6, 6.07) is 18.3. The van der Waals surface area contributed by atoms with Gasteiger partial charge in [0.25, 0.3) is 0 Å². The molecule has 0 aromatic heterocycles. The van der Waals surface area contributed by atoms with E-state index in [0.29, 0.717) is 6.04 Å². The van der Waals surface area contributed by atoms with E-state index in [1.54, 1.807) is 0 Å². The van der Waals surface area contributed by atoms with Gasteiger partial charge >= 0.3 is 0 Å². The van der Waals surface area contributed by atoms with Crippen LogP contribution in [-0.2, 0) is 13.1 Å². The van der Waals surface area contributed by atoms with Gasteiger partial charge in [-0.15, -0.1) is 0 Å². The molecule has 2 heteroatoms. The molecule has 0 fully saturated rings. The Balaban J connectivity index is 1.74. The maximum Gasteiger partial charge on any atom is 0.0436 e. The third kappa shape index (κ3) is 2.96. The van der Waals surface area contributed by atoms with Crippen LogP contribution < -0.4 is 10.2 Å². The summed E-state index contributed by atoms with van der Waals surface area (Å²) in [5.41, 5.74) is 5.63. The maximum atomic E-state index is 3.54. The number of hydrogen-bond donors (Lipinski definition) is 1. The predicted octanol–water partition coefficient (Wildman–Crippen LogP) is 4.27. The van der Waals surface area contributed by atoms with E-state index in [2.05, 4.69) is 72.6 Å². The highest BCUT2D eigenvalue weighted by Gasteiger charge is 2.18. The predicted molar refractivity (Wildman–Crippen MR) is 89.5 cm³/mol. The molecular formula is C19H24N2. The Morgan fingerprint density at radius 2 is 1.57 bits per heavy atom. The Kier molecular flexibility index (Phi) is 4.26. The fourth-order valence-electron chi connectivity index (χ4n) is 3.18. The van der Waals surface area contributed by atoms with Gasteiger partial charge in [0.15, 0.2) is 0 Å².